The fraction of sp³-hybridized carbons (Fsp3) is 0.111. The van der Waals surface area contributed by atoms with E-state index in [0.717, 1.165) is 14.6 Å². The summed E-state index contributed by atoms with van der Waals surface area (Å²) in [5.74, 6) is 0.587. The number of rotatable bonds is 3. The van der Waals surface area contributed by atoms with Gasteiger partial charge in [0, 0.05) is 8.95 Å². The minimum absolute atomic E-state index is 0.203. The summed E-state index contributed by atoms with van der Waals surface area (Å²) in [6.07, 6.45) is 0. The van der Waals surface area contributed by atoms with E-state index >= 15 is 0 Å². The van der Waals surface area contributed by atoms with Crippen molar-refractivity contribution in [3.63, 3.8) is 0 Å². The van der Waals surface area contributed by atoms with Crippen molar-refractivity contribution in [1.29, 1.82) is 0 Å². The summed E-state index contributed by atoms with van der Waals surface area (Å²) >= 11 is 12.4. The van der Waals surface area contributed by atoms with Crippen LogP contribution >= 0.6 is 43.5 Å². The first kappa shape index (κ1) is 11.9. The van der Waals surface area contributed by atoms with Crippen molar-refractivity contribution in [3.8, 4) is 0 Å². The van der Waals surface area contributed by atoms with Gasteiger partial charge >= 0.3 is 6.01 Å². The predicted octanol–water partition coefficient (Wildman–Crippen LogP) is 4.08. The molecule has 0 radical (unpaired) electrons. The molecule has 4 nitrogen and oxygen atoms in total. The Kier molecular flexibility index (Phi) is 3.83. The molecule has 0 amide bonds. The number of benzene rings is 1. The second kappa shape index (κ2) is 5.16. The second-order valence-electron chi connectivity index (χ2n) is 2.88. The van der Waals surface area contributed by atoms with Gasteiger partial charge in [-0.25, -0.2) is 0 Å². The maximum absolute atomic E-state index is 5.56. The van der Waals surface area contributed by atoms with E-state index < -0.39 is 0 Å². The van der Waals surface area contributed by atoms with Gasteiger partial charge in [0.1, 0.15) is 5.88 Å². The smallest absolute Gasteiger partial charge is 0.320 e. The number of nitrogens with one attached hydrogen (secondary N) is 1. The second-order valence-corrected chi connectivity index (χ2v) is 4.92. The van der Waals surface area contributed by atoms with Crippen LogP contribution < -0.4 is 5.32 Å². The number of hydrogen-bond acceptors (Lipinski definition) is 4. The molecule has 0 aliphatic carbocycles. The number of halogens is 3. The van der Waals surface area contributed by atoms with Crippen LogP contribution in [0.1, 0.15) is 5.89 Å². The van der Waals surface area contributed by atoms with Gasteiger partial charge in [-0.15, -0.1) is 16.7 Å². The monoisotopic (exact) mass is 365 g/mol. The van der Waals surface area contributed by atoms with Gasteiger partial charge in [0.05, 0.1) is 5.69 Å². The third-order valence-electron chi connectivity index (χ3n) is 1.75. The standard InChI is InChI=1S/C9H6Br2ClN3O/c10-5-1-2-6(11)7(3-5)13-9-15-14-8(4-12)16-9/h1-3H,4H2,(H,13,15). The highest BCUT2D eigenvalue weighted by Gasteiger charge is 2.07. The first-order valence-corrected chi connectivity index (χ1v) is 6.41. The van der Waals surface area contributed by atoms with Crippen LogP contribution in [0.3, 0.4) is 0 Å². The first-order valence-electron chi connectivity index (χ1n) is 4.29. The van der Waals surface area contributed by atoms with Crippen LogP contribution in [0.25, 0.3) is 0 Å². The van der Waals surface area contributed by atoms with Gasteiger partial charge in [-0.3, -0.25) is 0 Å². The van der Waals surface area contributed by atoms with E-state index in [2.05, 4.69) is 47.4 Å². The van der Waals surface area contributed by atoms with Crippen LogP contribution in [0.4, 0.5) is 11.7 Å². The molecule has 0 fully saturated rings. The maximum Gasteiger partial charge on any atom is 0.320 e. The summed E-state index contributed by atoms with van der Waals surface area (Å²) in [7, 11) is 0. The van der Waals surface area contributed by atoms with E-state index in [4.69, 9.17) is 16.0 Å². The quantitative estimate of drug-likeness (QED) is 0.831. The third kappa shape index (κ3) is 2.75. The molecule has 1 heterocycles. The van der Waals surface area contributed by atoms with E-state index in [1.165, 1.54) is 0 Å². The Hall–Kier alpha value is -0.590. The summed E-state index contributed by atoms with van der Waals surface area (Å²) in [5.41, 5.74) is 0.833. The zero-order chi connectivity index (χ0) is 11.5. The molecule has 2 rings (SSSR count). The van der Waals surface area contributed by atoms with Crippen LogP contribution in [-0.4, -0.2) is 10.2 Å². The molecule has 16 heavy (non-hydrogen) atoms. The highest BCUT2D eigenvalue weighted by Crippen LogP contribution is 2.28. The van der Waals surface area contributed by atoms with Gasteiger partial charge < -0.3 is 9.73 Å². The largest absolute Gasteiger partial charge is 0.407 e. The van der Waals surface area contributed by atoms with Crippen molar-refractivity contribution in [2.75, 3.05) is 5.32 Å². The van der Waals surface area contributed by atoms with Crippen molar-refractivity contribution >= 4 is 55.2 Å². The minimum Gasteiger partial charge on any atom is -0.407 e. The lowest BCUT2D eigenvalue weighted by atomic mass is 10.3. The van der Waals surface area contributed by atoms with Gasteiger partial charge in [-0.05, 0) is 34.1 Å². The zero-order valence-electron chi connectivity index (χ0n) is 7.88. The lowest BCUT2D eigenvalue weighted by molar-refractivity contribution is 0.530. The zero-order valence-corrected chi connectivity index (χ0v) is 11.8. The summed E-state index contributed by atoms with van der Waals surface area (Å²) in [6, 6.07) is 6.04. The fourth-order valence-corrected chi connectivity index (χ4v) is 1.88. The first-order chi connectivity index (χ1) is 7.69. The van der Waals surface area contributed by atoms with Crippen LogP contribution in [-0.2, 0) is 5.88 Å². The lowest BCUT2D eigenvalue weighted by Gasteiger charge is -2.04. The van der Waals surface area contributed by atoms with Gasteiger partial charge in [0.25, 0.3) is 0 Å². The third-order valence-corrected chi connectivity index (χ3v) is 3.16. The molecule has 0 spiro atoms. The number of anilines is 2. The summed E-state index contributed by atoms with van der Waals surface area (Å²) < 4.78 is 7.09. The van der Waals surface area contributed by atoms with Crippen molar-refractivity contribution in [3.05, 3.63) is 33.0 Å². The SMILES string of the molecule is ClCc1nnc(Nc2cc(Br)ccc2Br)o1. The summed E-state index contributed by atoms with van der Waals surface area (Å²) in [5, 5.41) is 10.5. The molecular formula is C9H6Br2ClN3O. The van der Waals surface area contributed by atoms with Crippen molar-refractivity contribution in [2.24, 2.45) is 0 Å². The van der Waals surface area contributed by atoms with Crippen molar-refractivity contribution in [2.45, 2.75) is 5.88 Å². The molecule has 1 N–H and O–H groups in total. The molecule has 0 aliphatic rings. The van der Waals surface area contributed by atoms with E-state index in [1.54, 1.807) is 0 Å². The molecular weight excluding hydrogens is 361 g/mol. The van der Waals surface area contributed by atoms with E-state index in [1.807, 2.05) is 18.2 Å². The Morgan fingerprint density at radius 1 is 1.31 bits per heavy atom. The molecule has 7 heteroatoms. The topological polar surface area (TPSA) is 51.0 Å². The average molecular weight is 367 g/mol. The average Bonchev–Trinajstić information content (AvgIpc) is 2.71. The van der Waals surface area contributed by atoms with E-state index in [0.29, 0.717) is 11.9 Å². The molecule has 0 unspecified atom stereocenters. The number of hydrogen-bond donors (Lipinski definition) is 1. The molecule has 0 bridgehead atoms. The Bertz CT molecular complexity index is 503. The van der Waals surface area contributed by atoms with Gasteiger partial charge in [0.2, 0.25) is 5.89 Å². The highest BCUT2D eigenvalue weighted by atomic mass is 79.9. The summed E-state index contributed by atoms with van der Waals surface area (Å²) in [4.78, 5) is 0. The molecule has 2 aromatic rings. The Labute approximate surface area is 114 Å². The highest BCUT2D eigenvalue weighted by molar-refractivity contribution is 9.11. The predicted molar refractivity (Wildman–Crippen MR) is 69.0 cm³/mol. The van der Waals surface area contributed by atoms with E-state index in [-0.39, 0.29) is 5.88 Å². The molecule has 0 saturated heterocycles. The number of nitrogens with zero attached hydrogens (tertiary/aromatic N) is 2. The van der Waals surface area contributed by atoms with E-state index in [9.17, 15) is 0 Å². The van der Waals surface area contributed by atoms with Crippen molar-refractivity contribution in [1.82, 2.24) is 10.2 Å². The van der Waals surface area contributed by atoms with Crippen LogP contribution in [0, 0.1) is 0 Å². The molecule has 0 saturated carbocycles. The Balaban J connectivity index is 2.22. The molecule has 84 valence electrons. The Morgan fingerprint density at radius 3 is 2.81 bits per heavy atom. The number of aromatic nitrogens is 2. The molecule has 1 aromatic carbocycles. The molecule has 0 aliphatic heterocycles. The molecule has 1 aromatic heterocycles. The van der Waals surface area contributed by atoms with Crippen LogP contribution in [0.2, 0.25) is 0 Å². The van der Waals surface area contributed by atoms with Gasteiger partial charge in [-0.1, -0.05) is 21.0 Å². The number of alkyl halides is 1. The Morgan fingerprint density at radius 2 is 2.12 bits per heavy atom. The maximum atomic E-state index is 5.56. The van der Waals surface area contributed by atoms with Crippen molar-refractivity contribution < 1.29 is 4.42 Å². The lowest BCUT2D eigenvalue weighted by Crippen LogP contribution is -1.91. The molecule has 0 atom stereocenters. The normalized spacial score (nSPS) is 10.4. The minimum atomic E-state index is 0.203. The van der Waals surface area contributed by atoms with Crippen LogP contribution in [0.15, 0.2) is 31.6 Å². The van der Waals surface area contributed by atoms with Gasteiger partial charge in [-0.2, -0.15) is 0 Å². The van der Waals surface area contributed by atoms with Gasteiger partial charge in [0.15, 0.2) is 0 Å². The fourth-order valence-electron chi connectivity index (χ4n) is 1.07. The summed E-state index contributed by atoms with van der Waals surface area (Å²) in [6.45, 7) is 0. The van der Waals surface area contributed by atoms with Crippen LogP contribution in [0.5, 0.6) is 0 Å².